The van der Waals surface area contributed by atoms with E-state index in [0.29, 0.717) is 24.1 Å². The molecular weight excluding hydrogens is 202 g/mol. The van der Waals surface area contributed by atoms with Gasteiger partial charge >= 0.3 is 0 Å². The highest BCUT2D eigenvalue weighted by atomic mass is 16.5. The van der Waals surface area contributed by atoms with Gasteiger partial charge < -0.3 is 10.1 Å². The van der Waals surface area contributed by atoms with E-state index in [9.17, 15) is 0 Å². The number of rotatable bonds is 3. The molecule has 0 radical (unpaired) electrons. The summed E-state index contributed by atoms with van der Waals surface area (Å²) in [6.07, 6.45) is 2.41. The maximum atomic E-state index is 8.70. The van der Waals surface area contributed by atoms with Gasteiger partial charge in [-0.05, 0) is 25.5 Å². The Morgan fingerprint density at radius 2 is 2.50 bits per heavy atom. The molecule has 4 nitrogen and oxygen atoms in total. The number of nitrogens with one attached hydrogen (secondary N) is 1. The van der Waals surface area contributed by atoms with Crippen molar-refractivity contribution in [2.45, 2.75) is 12.8 Å². The van der Waals surface area contributed by atoms with Crippen molar-refractivity contribution in [2.75, 3.05) is 19.7 Å². The van der Waals surface area contributed by atoms with E-state index < -0.39 is 0 Å². The Bertz CT molecular complexity index is 380. The van der Waals surface area contributed by atoms with Gasteiger partial charge in [-0.1, -0.05) is 6.07 Å². The van der Waals surface area contributed by atoms with Crippen LogP contribution in [0.15, 0.2) is 18.2 Å². The quantitative estimate of drug-likeness (QED) is 0.829. The second-order valence-corrected chi connectivity index (χ2v) is 4.00. The van der Waals surface area contributed by atoms with Gasteiger partial charge in [-0.25, -0.2) is 4.98 Å². The Morgan fingerprint density at radius 3 is 3.25 bits per heavy atom. The molecule has 2 rings (SSSR count). The van der Waals surface area contributed by atoms with Crippen molar-refractivity contribution in [3.05, 3.63) is 23.9 Å². The van der Waals surface area contributed by atoms with Crippen LogP contribution in [0.3, 0.4) is 0 Å². The van der Waals surface area contributed by atoms with Crippen molar-refractivity contribution in [3.63, 3.8) is 0 Å². The summed E-state index contributed by atoms with van der Waals surface area (Å²) in [6.45, 7) is 2.80. The smallest absolute Gasteiger partial charge is 0.214 e. The third kappa shape index (κ3) is 2.94. The van der Waals surface area contributed by atoms with Gasteiger partial charge in [-0.3, -0.25) is 0 Å². The van der Waals surface area contributed by atoms with Crippen molar-refractivity contribution >= 4 is 0 Å². The van der Waals surface area contributed by atoms with Crippen LogP contribution < -0.4 is 10.1 Å². The van der Waals surface area contributed by atoms with Crippen LogP contribution in [0.2, 0.25) is 0 Å². The van der Waals surface area contributed by atoms with Crippen LogP contribution in [0, 0.1) is 17.2 Å². The molecule has 1 aliphatic heterocycles. The monoisotopic (exact) mass is 217 g/mol. The Labute approximate surface area is 95.3 Å². The summed E-state index contributed by atoms with van der Waals surface area (Å²) in [5.41, 5.74) is 0.402. The molecule has 16 heavy (non-hydrogen) atoms. The number of ether oxygens (including phenoxy) is 1. The predicted octanol–water partition coefficient (Wildman–Crippen LogP) is 1.33. The Kier molecular flexibility index (Phi) is 3.73. The topological polar surface area (TPSA) is 57.9 Å². The molecule has 4 heteroatoms. The molecule has 1 unspecified atom stereocenters. The zero-order chi connectivity index (χ0) is 11.2. The molecule has 0 bridgehead atoms. The average molecular weight is 217 g/mol. The van der Waals surface area contributed by atoms with E-state index in [1.54, 1.807) is 18.2 Å². The standard InChI is InChI=1S/C12H15N3O/c13-7-11-4-1-5-12(15-11)16-9-10-3-2-6-14-8-10/h1,4-5,10,14H,2-3,6,8-9H2. The van der Waals surface area contributed by atoms with E-state index >= 15 is 0 Å². The van der Waals surface area contributed by atoms with Gasteiger partial charge in [0.25, 0.3) is 0 Å². The van der Waals surface area contributed by atoms with E-state index in [0.717, 1.165) is 13.1 Å². The van der Waals surface area contributed by atoms with Crippen molar-refractivity contribution < 1.29 is 4.74 Å². The van der Waals surface area contributed by atoms with Crippen molar-refractivity contribution in [3.8, 4) is 11.9 Å². The minimum atomic E-state index is 0.402. The molecule has 1 aromatic heterocycles. The van der Waals surface area contributed by atoms with Crippen molar-refractivity contribution in [2.24, 2.45) is 5.92 Å². The predicted molar refractivity (Wildman–Crippen MR) is 60.0 cm³/mol. The largest absolute Gasteiger partial charge is 0.477 e. The number of hydrogen-bond acceptors (Lipinski definition) is 4. The molecule has 84 valence electrons. The van der Waals surface area contributed by atoms with Crippen LogP contribution in [-0.4, -0.2) is 24.7 Å². The fourth-order valence-corrected chi connectivity index (χ4v) is 1.83. The molecule has 1 saturated heterocycles. The molecular formula is C12H15N3O. The van der Waals surface area contributed by atoms with Crippen LogP contribution in [0.25, 0.3) is 0 Å². The lowest BCUT2D eigenvalue weighted by Gasteiger charge is -2.22. The summed E-state index contributed by atoms with van der Waals surface area (Å²) in [7, 11) is 0. The fraction of sp³-hybridized carbons (Fsp3) is 0.500. The molecule has 1 atom stereocenters. The zero-order valence-corrected chi connectivity index (χ0v) is 9.15. The minimum absolute atomic E-state index is 0.402. The number of nitrogens with zero attached hydrogens (tertiary/aromatic N) is 2. The summed E-state index contributed by atoms with van der Waals surface area (Å²) in [5, 5.41) is 12.0. The van der Waals surface area contributed by atoms with Crippen LogP contribution in [0.5, 0.6) is 5.88 Å². The van der Waals surface area contributed by atoms with Gasteiger partial charge in [-0.15, -0.1) is 0 Å². The summed E-state index contributed by atoms with van der Waals surface area (Å²) >= 11 is 0. The highest BCUT2D eigenvalue weighted by molar-refractivity contribution is 5.24. The second kappa shape index (κ2) is 5.47. The Hall–Kier alpha value is -1.60. The van der Waals surface area contributed by atoms with Gasteiger partial charge in [0.05, 0.1) is 6.61 Å². The number of piperidine rings is 1. The normalized spacial score (nSPS) is 20.1. The van der Waals surface area contributed by atoms with E-state index in [1.165, 1.54) is 12.8 Å². The summed E-state index contributed by atoms with van der Waals surface area (Å²) < 4.78 is 5.59. The maximum absolute atomic E-state index is 8.70. The molecule has 0 amide bonds. The van der Waals surface area contributed by atoms with Gasteiger partial charge in [0, 0.05) is 18.5 Å². The van der Waals surface area contributed by atoms with E-state index in [1.807, 2.05) is 6.07 Å². The first-order valence-electron chi connectivity index (χ1n) is 5.59. The van der Waals surface area contributed by atoms with Crippen LogP contribution in [0.1, 0.15) is 18.5 Å². The van der Waals surface area contributed by atoms with Gasteiger partial charge in [-0.2, -0.15) is 5.26 Å². The minimum Gasteiger partial charge on any atom is -0.477 e. The SMILES string of the molecule is N#Cc1cccc(OCC2CCCNC2)n1. The van der Waals surface area contributed by atoms with Crippen LogP contribution >= 0.6 is 0 Å². The molecule has 0 spiro atoms. The van der Waals surface area contributed by atoms with E-state index in [-0.39, 0.29) is 0 Å². The molecule has 0 aromatic carbocycles. The molecule has 1 aromatic rings. The molecule has 1 aliphatic rings. The summed E-state index contributed by atoms with van der Waals surface area (Å²) in [5.74, 6) is 1.10. The van der Waals surface area contributed by atoms with Crippen molar-refractivity contribution in [1.82, 2.24) is 10.3 Å². The maximum Gasteiger partial charge on any atom is 0.214 e. The zero-order valence-electron chi connectivity index (χ0n) is 9.15. The molecule has 1 fully saturated rings. The molecule has 0 saturated carbocycles. The van der Waals surface area contributed by atoms with Crippen LogP contribution in [0.4, 0.5) is 0 Å². The van der Waals surface area contributed by atoms with Crippen LogP contribution in [-0.2, 0) is 0 Å². The first-order chi connectivity index (χ1) is 7.88. The molecule has 2 heterocycles. The summed E-state index contributed by atoms with van der Waals surface area (Å²) in [6, 6.07) is 7.26. The third-order valence-corrected chi connectivity index (χ3v) is 2.70. The highest BCUT2D eigenvalue weighted by Gasteiger charge is 2.13. The third-order valence-electron chi connectivity index (χ3n) is 2.70. The Balaban J connectivity index is 1.86. The van der Waals surface area contributed by atoms with Gasteiger partial charge in [0.2, 0.25) is 5.88 Å². The first kappa shape index (κ1) is 10.9. The van der Waals surface area contributed by atoms with Crippen molar-refractivity contribution in [1.29, 1.82) is 5.26 Å². The fourth-order valence-electron chi connectivity index (χ4n) is 1.83. The molecule has 0 aliphatic carbocycles. The number of aromatic nitrogens is 1. The Morgan fingerprint density at radius 1 is 1.56 bits per heavy atom. The number of pyridine rings is 1. The number of nitriles is 1. The highest BCUT2D eigenvalue weighted by Crippen LogP contribution is 2.13. The van der Waals surface area contributed by atoms with E-state index in [4.69, 9.17) is 10.00 Å². The lowest BCUT2D eigenvalue weighted by atomic mass is 10.0. The summed E-state index contributed by atoms with van der Waals surface area (Å²) in [4.78, 5) is 4.07. The second-order valence-electron chi connectivity index (χ2n) is 4.00. The molecule has 1 N–H and O–H groups in total. The van der Waals surface area contributed by atoms with E-state index in [2.05, 4.69) is 10.3 Å². The lowest BCUT2D eigenvalue weighted by Crippen LogP contribution is -2.33. The average Bonchev–Trinajstić information content (AvgIpc) is 2.38. The van der Waals surface area contributed by atoms with Gasteiger partial charge in [0.15, 0.2) is 0 Å². The first-order valence-corrected chi connectivity index (χ1v) is 5.59. The lowest BCUT2D eigenvalue weighted by molar-refractivity contribution is 0.212. The number of hydrogen-bond donors (Lipinski definition) is 1. The van der Waals surface area contributed by atoms with Gasteiger partial charge in [0.1, 0.15) is 11.8 Å².